The first-order valence-electron chi connectivity index (χ1n) is 3.17. The SMILES string of the molecule is O=COCOCCOCOC=O. The first-order chi connectivity index (χ1) is 5.91. The molecule has 0 spiro atoms. The van der Waals surface area contributed by atoms with Crippen LogP contribution in [0.25, 0.3) is 0 Å². The fourth-order valence-corrected chi connectivity index (χ4v) is 0.387. The van der Waals surface area contributed by atoms with E-state index in [-0.39, 0.29) is 39.7 Å². The maximum absolute atomic E-state index is 9.59. The normalized spacial score (nSPS) is 9.00. The summed E-state index contributed by atoms with van der Waals surface area (Å²) in [4.78, 5) is 19.2. The van der Waals surface area contributed by atoms with Crippen LogP contribution in [-0.2, 0) is 28.5 Å². The highest BCUT2D eigenvalue weighted by atomic mass is 16.7. The first-order valence-corrected chi connectivity index (χ1v) is 3.17. The standard InChI is InChI=1S/C6H10O6/c7-3-11-5-9-1-2-10-6-12-4-8/h3-4H,1-2,5-6H2. The minimum atomic E-state index is -0.0958. The highest BCUT2D eigenvalue weighted by molar-refractivity contribution is 5.36. The Balaban J connectivity index is 2.81. The maximum Gasteiger partial charge on any atom is 0.295 e. The molecular formula is C6H10O6. The second-order valence-corrected chi connectivity index (χ2v) is 1.58. The molecule has 0 aliphatic carbocycles. The number of carbonyl (C=O) groups is 2. The summed E-state index contributed by atoms with van der Waals surface area (Å²) in [7, 11) is 0. The van der Waals surface area contributed by atoms with E-state index in [0.29, 0.717) is 0 Å². The van der Waals surface area contributed by atoms with Crippen LogP contribution in [0.4, 0.5) is 0 Å². The van der Waals surface area contributed by atoms with E-state index in [2.05, 4.69) is 9.47 Å². The monoisotopic (exact) mass is 178 g/mol. The van der Waals surface area contributed by atoms with Crippen LogP contribution in [0.15, 0.2) is 0 Å². The molecule has 0 rings (SSSR count). The van der Waals surface area contributed by atoms with Crippen LogP contribution in [0, 0.1) is 0 Å². The zero-order valence-electron chi connectivity index (χ0n) is 6.43. The summed E-state index contributed by atoms with van der Waals surface area (Å²) in [6.45, 7) is 0.932. The topological polar surface area (TPSA) is 71.1 Å². The summed E-state index contributed by atoms with van der Waals surface area (Å²) >= 11 is 0. The summed E-state index contributed by atoms with van der Waals surface area (Å²) in [6.07, 6.45) is 0. The Morgan fingerprint density at radius 1 is 0.833 bits per heavy atom. The van der Waals surface area contributed by atoms with Crippen LogP contribution in [-0.4, -0.2) is 39.7 Å². The molecule has 0 fully saturated rings. The fraction of sp³-hybridized carbons (Fsp3) is 0.667. The van der Waals surface area contributed by atoms with Crippen LogP contribution in [0.3, 0.4) is 0 Å². The third kappa shape index (κ3) is 8.86. The molecule has 0 unspecified atom stereocenters. The molecule has 12 heavy (non-hydrogen) atoms. The van der Waals surface area contributed by atoms with Gasteiger partial charge in [0.05, 0.1) is 13.2 Å². The van der Waals surface area contributed by atoms with Crippen LogP contribution in [0.2, 0.25) is 0 Å². The Morgan fingerprint density at radius 3 is 1.58 bits per heavy atom. The van der Waals surface area contributed by atoms with Gasteiger partial charge < -0.3 is 18.9 Å². The van der Waals surface area contributed by atoms with Crippen molar-refractivity contribution >= 4 is 12.9 Å². The van der Waals surface area contributed by atoms with E-state index in [9.17, 15) is 9.59 Å². The average molecular weight is 178 g/mol. The van der Waals surface area contributed by atoms with Crippen molar-refractivity contribution in [2.45, 2.75) is 0 Å². The predicted octanol–water partition coefficient (Wildman–Crippen LogP) is -0.719. The van der Waals surface area contributed by atoms with Gasteiger partial charge in [-0.2, -0.15) is 0 Å². The lowest BCUT2D eigenvalue weighted by Gasteiger charge is -2.02. The number of carbonyl (C=O) groups excluding carboxylic acids is 2. The molecule has 0 aromatic rings. The van der Waals surface area contributed by atoms with Gasteiger partial charge in [0.1, 0.15) is 0 Å². The van der Waals surface area contributed by atoms with Gasteiger partial charge in [0.2, 0.25) is 0 Å². The molecule has 0 bridgehead atoms. The zero-order valence-corrected chi connectivity index (χ0v) is 6.43. The second kappa shape index (κ2) is 9.86. The maximum atomic E-state index is 9.59. The molecule has 0 heterocycles. The molecule has 0 atom stereocenters. The molecule has 0 amide bonds. The Hall–Kier alpha value is -1.14. The Bertz CT molecular complexity index is 101. The van der Waals surface area contributed by atoms with Gasteiger partial charge in [-0.05, 0) is 0 Å². The van der Waals surface area contributed by atoms with E-state index in [0.717, 1.165) is 0 Å². The molecule has 70 valence electrons. The smallest absolute Gasteiger partial charge is 0.295 e. The van der Waals surface area contributed by atoms with Crippen LogP contribution in [0.1, 0.15) is 0 Å². The van der Waals surface area contributed by atoms with Crippen molar-refractivity contribution in [2.24, 2.45) is 0 Å². The Morgan fingerprint density at radius 2 is 1.25 bits per heavy atom. The summed E-state index contributed by atoms with van der Waals surface area (Å²) in [5.41, 5.74) is 0. The quantitative estimate of drug-likeness (QED) is 0.263. The number of hydrogen-bond donors (Lipinski definition) is 0. The van der Waals surface area contributed by atoms with E-state index in [1.807, 2.05) is 0 Å². The lowest BCUT2D eigenvalue weighted by molar-refractivity contribution is -0.148. The van der Waals surface area contributed by atoms with Crippen LogP contribution >= 0.6 is 0 Å². The molecule has 0 aliphatic heterocycles. The molecule has 6 nitrogen and oxygen atoms in total. The van der Waals surface area contributed by atoms with E-state index in [1.165, 1.54) is 0 Å². The molecular weight excluding hydrogens is 168 g/mol. The predicted molar refractivity (Wildman–Crippen MR) is 35.9 cm³/mol. The molecule has 6 heteroatoms. The average Bonchev–Trinajstić information content (AvgIpc) is 2.10. The minimum Gasteiger partial charge on any atom is -0.441 e. The van der Waals surface area contributed by atoms with Crippen molar-refractivity contribution in [1.29, 1.82) is 0 Å². The summed E-state index contributed by atoms with van der Waals surface area (Å²) in [6, 6.07) is 0. The van der Waals surface area contributed by atoms with Crippen molar-refractivity contribution < 1.29 is 28.5 Å². The van der Waals surface area contributed by atoms with E-state index < -0.39 is 0 Å². The van der Waals surface area contributed by atoms with Gasteiger partial charge in [-0.15, -0.1) is 0 Å². The molecule has 0 saturated heterocycles. The molecule has 0 aliphatic rings. The van der Waals surface area contributed by atoms with Gasteiger partial charge in [-0.3, -0.25) is 9.59 Å². The number of ether oxygens (including phenoxy) is 4. The molecule has 0 radical (unpaired) electrons. The number of hydrogen-bond acceptors (Lipinski definition) is 6. The second-order valence-electron chi connectivity index (χ2n) is 1.58. The highest BCUT2D eigenvalue weighted by Crippen LogP contribution is 1.79. The van der Waals surface area contributed by atoms with Gasteiger partial charge in [0.25, 0.3) is 12.9 Å². The van der Waals surface area contributed by atoms with Gasteiger partial charge in [0, 0.05) is 0 Å². The van der Waals surface area contributed by atoms with Crippen molar-refractivity contribution in [3.63, 3.8) is 0 Å². The zero-order chi connectivity index (χ0) is 9.07. The van der Waals surface area contributed by atoms with Gasteiger partial charge in [-0.1, -0.05) is 0 Å². The first kappa shape index (κ1) is 10.9. The van der Waals surface area contributed by atoms with Crippen molar-refractivity contribution in [2.75, 3.05) is 26.8 Å². The fourth-order valence-electron chi connectivity index (χ4n) is 0.387. The number of rotatable bonds is 9. The van der Waals surface area contributed by atoms with E-state index in [1.54, 1.807) is 0 Å². The van der Waals surface area contributed by atoms with E-state index in [4.69, 9.17) is 9.47 Å². The summed E-state index contributed by atoms with van der Waals surface area (Å²) in [5.74, 6) is 0. The van der Waals surface area contributed by atoms with Gasteiger partial charge >= 0.3 is 0 Å². The lowest BCUT2D eigenvalue weighted by Crippen LogP contribution is -2.08. The van der Waals surface area contributed by atoms with Crippen molar-refractivity contribution in [1.82, 2.24) is 0 Å². The van der Waals surface area contributed by atoms with Crippen molar-refractivity contribution in [3.8, 4) is 0 Å². The van der Waals surface area contributed by atoms with Crippen LogP contribution in [0.5, 0.6) is 0 Å². The lowest BCUT2D eigenvalue weighted by atomic mass is 10.8. The molecule has 0 saturated carbocycles. The van der Waals surface area contributed by atoms with E-state index >= 15 is 0 Å². The largest absolute Gasteiger partial charge is 0.441 e. The van der Waals surface area contributed by atoms with Gasteiger partial charge in [-0.25, -0.2) is 0 Å². The van der Waals surface area contributed by atoms with Crippen LogP contribution < -0.4 is 0 Å². The molecule has 0 aromatic heterocycles. The minimum absolute atomic E-state index is 0.0958. The highest BCUT2D eigenvalue weighted by Gasteiger charge is 1.88. The van der Waals surface area contributed by atoms with Gasteiger partial charge in [0.15, 0.2) is 13.6 Å². The summed E-state index contributed by atoms with van der Waals surface area (Å²) < 4.78 is 17.9. The molecule has 0 aromatic carbocycles. The van der Waals surface area contributed by atoms with Crippen molar-refractivity contribution in [3.05, 3.63) is 0 Å². The Kier molecular flexibility index (Phi) is 8.92. The molecule has 0 N–H and O–H groups in total. The Labute approximate surface area is 69.3 Å². The summed E-state index contributed by atoms with van der Waals surface area (Å²) in [5, 5.41) is 0. The third-order valence-electron chi connectivity index (χ3n) is 0.811. The third-order valence-corrected chi connectivity index (χ3v) is 0.811.